The number of amides is 1. The van der Waals surface area contributed by atoms with Gasteiger partial charge in [-0.05, 0) is 56.6 Å². The van der Waals surface area contributed by atoms with Crippen molar-refractivity contribution in [1.29, 1.82) is 0 Å². The highest BCUT2D eigenvalue weighted by Crippen LogP contribution is 2.23. The molecule has 0 unspecified atom stereocenters. The summed E-state index contributed by atoms with van der Waals surface area (Å²) in [6.45, 7) is 6.81. The van der Waals surface area contributed by atoms with Crippen LogP contribution in [0.15, 0.2) is 18.2 Å². The Labute approximate surface area is 171 Å². The molecule has 1 N–H and O–H groups in total. The Morgan fingerprint density at radius 1 is 1.41 bits per heavy atom. The largest absolute Gasteiger partial charge is 0.450 e. The minimum absolute atomic E-state index is 0.241. The number of anilines is 1. The Balaban J connectivity index is 2.03. The minimum atomic E-state index is -0.241. The predicted molar refractivity (Wildman–Crippen MR) is 113 cm³/mol. The Hall–Kier alpha value is -1.57. The number of aryl methyl sites for hydroxylation is 1. The van der Waals surface area contributed by atoms with E-state index in [1.165, 1.54) is 0 Å². The van der Waals surface area contributed by atoms with E-state index in [9.17, 15) is 4.79 Å². The number of carbonyl (C=O) groups excluding carboxylic acids is 1. The molecule has 1 aromatic rings. The molecule has 0 bridgehead atoms. The van der Waals surface area contributed by atoms with Crippen LogP contribution < -0.4 is 5.32 Å². The van der Waals surface area contributed by atoms with Crippen LogP contribution in [-0.4, -0.2) is 67.0 Å². The second-order valence-corrected chi connectivity index (χ2v) is 7.32. The van der Waals surface area contributed by atoms with Gasteiger partial charge in [0.25, 0.3) is 0 Å². The Kier molecular flexibility index (Phi) is 8.60. The van der Waals surface area contributed by atoms with Gasteiger partial charge in [0, 0.05) is 43.5 Å². The Morgan fingerprint density at radius 2 is 2.11 bits per heavy atom. The third-order valence-corrected chi connectivity index (χ3v) is 5.24. The van der Waals surface area contributed by atoms with Crippen molar-refractivity contribution in [3.8, 4) is 0 Å². The molecule has 6 nitrogen and oxygen atoms in total. The lowest BCUT2D eigenvalue weighted by Crippen LogP contribution is -2.51. The van der Waals surface area contributed by atoms with Gasteiger partial charge in [0.15, 0.2) is 5.11 Å². The summed E-state index contributed by atoms with van der Waals surface area (Å²) in [5.41, 5.74) is 1.98. The first-order valence-corrected chi connectivity index (χ1v) is 9.99. The van der Waals surface area contributed by atoms with Crippen molar-refractivity contribution >= 4 is 40.7 Å². The molecule has 1 fully saturated rings. The number of hydrogen-bond acceptors (Lipinski definition) is 4. The van der Waals surface area contributed by atoms with E-state index in [-0.39, 0.29) is 12.1 Å². The molecule has 1 aromatic carbocycles. The maximum absolute atomic E-state index is 11.9. The predicted octanol–water partition coefficient (Wildman–Crippen LogP) is 3.91. The second-order valence-electron chi connectivity index (χ2n) is 6.49. The number of halogens is 1. The van der Waals surface area contributed by atoms with E-state index < -0.39 is 0 Å². The molecular weight excluding hydrogens is 386 g/mol. The molecule has 1 aliphatic heterocycles. The topological polar surface area (TPSA) is 54.0 Å². The summed E-state index contributed by atoms with van der Waals surface area (Å²) in [5, 5.41) is 4.63. The summed E-state index contributed by atoms with van der Waals surface area (Å²) in [4.78, 5) is 15.8. The summed E-state index contributed by atoms with van der Waals surface area (Å²) < 4.78 is 10.4. The molecule has 1 aliphatic rings. The molecule has 1 saturated heterocycles. The summed E-state index contributed by atoms with van der Waals surface area (Å²) >= 11 is 11.8. The highest BCUT2D eigenvalue weighted by Gasteiger charge is 2.28. The number of nitrogens with zero attached hydrogens (tertiary/aromatic N) is 2. The lowest BCUT2D eigenvalue weighted by atomic mass is 10.0. The zero-order chi connectivity index (χ0) is 19.8. The molecule has 150 valence electrons. The highest BCUT2D eigenvalue weighted by atomic mass is 35.5. The zero-order valence-electron chi connectivity index (χ0n) is 16.2. The smallest absolute Gasteiger partial charge is 0.409 e. The number of carbonyl (C=O) groups is 1. The van der Waals surface area contributed by atoms with Crippen LogP contribution in [0, 0.1) is 6.92 Å². The maximum atomic E-state index is 11.9. The number of likely N-dealkylation sites (tertiary alicyclic amines) is 1. The van der Waals surface area contributed by atoms with Crippen LogP contribution in [0.5, 0.6) is 0 Å². The standard InChI is InChI=1S/C19H28ClN3O3S/c1-4-26-19(24)22-9-7-16(8-10-22)23(11-12-25-3)18(27)21-17-13-15(20)6-5-14(17)2/h5-6,13,16H,4,7-12H2,1-3H3,(H,21,27). The molecule has 0 saturated carbocycles. The molecule has 0 spiro atoms. The molecule has 27 heavy (non-hydrogen) atoms. The molecule has 0 aromatic heterocycles. The number of hydrogen-bond donors (Lipinski definition) is 1. The van der Waals surface area contributed by atoms with Crippen molar-refractivity contribution in [2.75, 3.05) is 45.3 Å². The van der Waals surface area contributed by atoms with Gasteiger partial charge in [0.05, 0.1) is 13.2 Å². The van der Waals surface area contributed by atoms with E-state index >= 15 is 0 Å². The number of methoxy groups -OCH3 is 1. The lowest BCUT2D eigenvalue weighted by Gasteiger charge is -2.39. The summed E-state index contributed by atoms with van der Waals surface area (Å²) in [7, 11) is 1.68. The van der Waals surface area contributed by atoms with Crippen LogP contribution in [0.3, 0.4) is 0 Å². The van der Waals surface area contributed by atoms with Crippen LogP contribution in [-0.2, 0) is 9.47 Å². The molecule has 8 heteroatoms. The van der Waals surface area contributed by atoms with Gasteiger partial charge in [-0.3, -0.25) is 0 Å². The monoisotopic (exact) mass is 413 g/mol. The van der Waals surface area contributed by atoms with E-state index in [1.807, 2.05) is 32.0 Å². The van der Waals surface area contributed by atoms with Crippen molar-refractivity contribution in [1.82, 2.24) is 9.80 Å². The Morgan fingerprint density at radius 3 is 2.74 bits per heavy atom. The fourth-order valence-electron chi connectivity index (χ4n) is 3.13. The fraction of sp³-hybridized carbons (Fsp3) is 0.579. The van der Waals surface area contributed by atoms with Gasteiger partial charge in [0.2, 0.25) is 0 Å². The van der Waals surface area contributed by atoms with E-state index in [0.29, 0.717) is 43.0 Å². The third kappa shape index (κ3) is 6.23. The van der Waals surface area contributed by atoms with Gasteiger partial charge in [-0.15, -0.1) is 0 Å². The second kappa shape index (κ2) is 10.7. The number of piperidine rings is 1. The van der Waals surface area contributed by atoms with Crippen molar-refractivity contribution in [2.45, 2.75) is 32.7 Å². The van der Waals surface area contributed by atoms with Crippen molar-refractivity contribution in [3.05, 3.63) is 28.8 Å². The third-order valence-electron chi connectivity index (χ3n) is 4.67. The van der Waals surface area contributed by atoms with Crippen LogP contribution in [0.2, 0.25) is 5.02 Å². The van der Waals surface area contributed by atoms with Crippen molar-refractivity contribution < 1.29 is 14.3 Å². The first-order chi connectivity index (χ1) is 13.0. The molecule has 0 aliphatic carbocycles. The summed E-state index contributed by atoms with van der Waals surface area (Å²) in [6.07, 6.45) is 1.42. The maximum Gasteiger partial charge on any atom is 0.409 e. The molecule has 1 heterocycles. The number of nitrogens with one attached hydrogen (secondary N) is 1. The highest BCUT2D eigenvalue weighted by molar-refractivity contribution is 7.80. The SMILES string of the molecule is CCOC(=O)N1CCC(N(CCOC)C(=S)Nc2cc(Cl)ccc2C)CC1. The van der Waals surface area contributed by atoms with Crippen molar-refractivity contribution in [3.63, 3.8) is 0 Å². The number of benzene rings is 1. The molecule has 0 atom stereocenters. The van der Waals surface area contributed by atoms with Crippen LogP contribution in [0.25, 0.3) is 0 Å². The van der Waals surface area contributed by atoms with Gasteiger partial charge < -0.3 is 24.6 Å². The van der Waals surface area contributed by atoms with Crippen LogP contribution in [0.4, 0.5) is 10.5 Å². The van der Waals surface area contributed by atoms with E-state index in [0.717, 1.165) is 24.1 Å². The zero-order valence-corrected chi connectivity index (χ0v) is 17.7. The normalized spacial score (nSPS) is 14.7. The van der Waals surface area contributed by atoms with Crippen LogP contribution >= 0.6 is 23.8 Å². The van der Waals surface area contributed by atoms with Gasteiger partial charge >= 0.3 is 6.09 Å². The first kappa shape index (κ1) is 21.7. The van der Waals surface area contributed by atoms with E-state index in [2.05, 4.69) is 10.2 Å². The molecule has 1 amide bonds. The molecular formula is C19H28ClN3O3S. The van der Waals surface area contributed by atoms with E-state index in [4.69, 9.17) is 33.3 Å². The number of ether oxygens (including phenoxy) is 2. The molecule has 0 radical (unpaired) electrons. The fourth-order valence-corrected chi connectivity index (χ4v) is 3.65. The van der Waals surface area contributed by atoms with E-state index in [1.54, 1.807) is 12.0 Å². The van der Waals surface area contributed by atoms with Gasteiger partial charge in [-0.25, -0.2) is 4.79 Å². The summed E-state index contributed by atoms with van der Waals surface area (Å²) in [5.74, 6) is 0. The average Bonchev–Trinajstić information content (AvgIpc) is 2.65. The Bertz CT molecular complexity index is 651. The van der Waals surface area contributed by atoms with Gasteiger partial charge in [0.1, 0.15) is 0 Å². The molecule has 2 rings (SSSR count). The van der Waals surface area contributed by atoms with Crippen molar-refractivity contribution in [2.24, 2.45) is 0 Å². The number of rotatable bonds is 6. The lowest BCUT2D eigenvalue weighted by molar-refractivity contribution is 0.0829. The minimum Gasteiger partial charge on any atom is -0.450 e. The first-order valence-electron chi connectivity index (χ1n) is 9.20. The van der Waals surface area contributed by atoms with Gasteiger partial charge in [-0.2, -0.15) is 0 Å². The van der Waals surface area contributed by atoms with Crippen LogP contribution in [0.1, 0.15) is 25.3 Å². The quantitative estimate of drug-likeness (QED) is 0.713. The van der Waals surface area contributed by atoms with Gasteiger partial charge in [-0.1, -0.05) is 17.7 Å². The number of thiocarbonyl (C=S) groups is 1. The average molecular weight is 414 g/mol. The summed E-state index contributed by atoms with van der Waals surface area (Å²) in [6, 6.07) is 5.94.